The van der Waals surface area contributed by atoms with E-state index in [0.29, 0.717) is 6.42 Å². The monoisotopic (exact) mass is 119 g/mol. The maximum absolute atomic E-state index is 8.70. The zero-order valence-electron chi connectivity index (χ0n) is 5.04. The van der Waals surface area contributed by atoms with Crippen LogP contribution in [0.1, 0.15) is 13.3 Å². The average molecular weight is 119 g/mol. The van der Waals surface area contributed by atoms with E-state index in [2.05, 4.69) is 0 Å². The van der Waals surface area contributed by atoms with Crippen LogP contribution in [0.2, 0.25) is 0 Å². The van der Waals surface area contributed by atoms with Gasteiger partial charge in [-0.25, -0.2) is 0 Å². The van der Waals surface area contributed by atoms with Crippen molar-refractivity contribution in [3.8, 4) is 0 Å². The Hall–Kier alpha value is -0.120. The molecule has 0 amide bonds. The first-order valence-corrected chi connectivity index (χ1v) is 2.71. The van der Waals surface area contributed by atoms with E-state index >= 15 is 0 Å². The summed E-state index contributed by atoms with van der Waals surface area (Å²) in [6, 6.07) is -0.0304. The van der Waals surface area contributed by atoms with Crippen molar-refractivity contribution in [2.45, 2.75) is 25.5 Å². The smallest absolute Gasteiger partial charge is 0.0785 e. The van der Waals surface area contributed by atoms with Gasteiger partial charge in [-0.1, -0.05) is 0 Å². The van der Waals surface area contributed by atoms with Gasteiger partial charge in [0.25, 0.3) is 0 Å². The highest BCUT2D eigenvalue weighted by Crippen LogP contribution is 1.92. The molecule has 0 aliphatic carbocycles. The SMILES string of the molecule is C[C@H](N)CC(O)CO. The molecular formula is C5H13NO2. The minimum Gasteiger partial charge on any atom is -0.394 e. The van der Waals surface area contributed by atoms with Gasteiger partial charge in [-0.3, -0.25) is 0 Å². The van der Waals surface area contributed by atoms with Crippen LogP contribution in [-0.4, -0.2) is 29.0 Å². The summed E-state index contributed by atoms with van der Waals surface area (Å²) in [5, 5.41) is 17.0. The molecule has 8 heavy (non-hydrogen) atoms. The van der Waals surface area contributed by atoms with Gasteiger partial charge in [-0.15, -0.1) is 0 Å². The van der Waals surface area contributed by atoms with E-state index in [1.165, 1.54) is 0 Å². The third-order valence-electron chi connectivity index (χ3n) is 0.855. The molecule has 0 aromatic rings. The molecule has 3 nitrogen and oxygen atoms in total. The molecule has 0 saturated heterocycles. The normalized spacial score (nSPS) is 18.0. The van der Waals surface area contributed by atoms with E-state index in [1.54, 1.807) is 6.92 Å². The first-order chi connectivity index (χ1) is 3.66. The number of nitrogens with two attached hydrogens (primary N) is 1. The van der Waals surface area contributed by atoms with Crippen LogP contribution in [0, 0.1) is 0 Å². The van der Waals surface area contributed by atoms with Crippen molar-refractivity contribution in [3.63, 3.8) is 0 Å². The fourth-order valence-corrected chi connectivity index (χ4v) is 0.504. The van der Waals surface area contributed by atoms with Crippen molar-refractivity contribution in [1.29, 1.82) is 0 Å². The predicted molar refractivity (Wildman–Crippen MR) is 31.4 cm³/mol. The molecule has 3 heteroatoms. The van der Waals surface area contributed by atoms with Crippen molar-refractivity contribution in [2.24, 2.45) is 5.73 Å². The van der Waals surface area contributed by atoms with Gasteiger partial charge in [0.2, 0.25) is 0 Å². The maximum atomic E-state index is 8.70. The summed E-state index contributed by atoms with van der Waals surface area (Å²) in [4.78, 5) is 0. The van der Waals surface area contributed by atoms with Crippen LogP contribution in [-0.2, 0) is 0 Å². The molecule has 4 N–H and O–H groups in total. The lowest BCUT2D eigenvalue weighted by molar-refractivity contribution is 0.0840. The number of hydrogen-bond donors (Lipinski definition) is 3. The minimum atomic E-state index is -0.644. The summed E-state index contributed by atoms with van der Waals surface area (Å²) in [7, 11) is 0. The van der Waals surface area contributed by atoms with Crippen LogP contribution < -0.4 is 5.73 Å². The maximum Gasteiger partial charge on any atom is 0.0785 e. The van der Waals surface area contributed by atoms with Crippen molar-refractivity contribution < 1.29 is 10.2 Å². The third kappa shape index (κ3) is 4.05. The van der Waals surface area contributed by atoms with Gasteiger partial charge in [0.1, 0.15) is 0 Å². The summed E-state index contributed by atoms with van der Waals surface area (Å²) >= 11 is 0. The Kier molecular flexibility index (Phi) is 3.77. The molecule has 0 saturated carbocycles. The highest BCUT2D eigenvalue weighted by atomic mass is 16.3. The van der Waals surface area contributed by atoms with Gasteiger partial charge in [0.15, 0.2) is 0 Å². The molecule has 0 aromatic heterocycles. The highest BCUT2D eigenvalue weighted by molar-refractivity contribution is 4.60. The van der Waals surface area contributed by atoms with E-state index in [4.69, 9.17) is 15.9 Å². The predicted octanol–water partition coefficient (Wildman–Crippen LogP) is -0.923. The fourth-order valence-electron chi connectivity index (χ4n) is 0.504. The Morgan fingerprint density at radius 3 is 2.25 bits per heavy atom. The molecular weight excluding hydrogens is 106 g/mol. The van der Waals surface area contributed by atoms with Crippen LogP contribution in [0.25, 0.3) is 0 Å². The second-order valence-electron chi connectivity index (χ2n) is 2.05. The first kappa shape index (κ1) is 7.88. The molecule has 50 valence electrons. The summed E-state index contributed by atoms with van der Waals surface area (Å²) < 4.78 is 0. The van der Waals surface area contributed by atoms with Gasteiger partial charge in [-0.2, -0.15) is 0 Å². The highest BCUT2D eigenvalue weighted by Gasteiger charge is 2.03. The largest absolute Gasteiger partial charge is 0.394 e. The minimum absolute atomic E-state index is 0.0304. The molecule has 0 aliphatic heterocycles. The number of aliphatic hydroxyl groups is 2. The summed E-state index contributed by atoms with van der Waals surface area (Å²) in [5.74, 6) is 0. The lowest BCUT2D eigenvalue weighted by Crippen LogP contribution is -2.24. The molecule has 1 unspecified atom stereocenters. The van der Waals surface area contributed by atoms with Gasteiger partial charge in [0.05, 0.1) is 12.7 Å². The topological polar surface area (TPSA) is 66.5 Å². The van der Waals surface area contributed by atoms with Crippen LogP contribution in [0.3, 0.4) is 0 Å². The van der Waals surface area contributed by atoms with Crippen LogP contribution in [0.15, 0.2) is 0 Å². The van der Waals surface area contributed by atoms with Crippen molar-refractivity contribution in [1.82, 2.24) is 0 Å². The van der Waals surface area contributed by atoms with E-state index < -0.39 is 6.10 Å². The number of aliphatic hydroxyl groups excluding tert-OH is 2. The van der Waals surface area contributed by atoms with Gasteiger partial charge < -0.3 is 15.9 Å². The lowest BCUT2D eigenvalue weighted by Gasteiger charge is -2.08. The molecule has 2 atom stereocenters. The van der Waals surface area contributed by atoms with Gasteiger partial charge in [-0.05, 0) is 13.3 Å². The standard InChI is InChI=1S/C5H13NO2/c1-4(6)2-5(8)3-7/h4-5,7-8H,2-3,6H2,1H3/t4-,5?/m0/s1. The zero-order valence-corrected chi connectivity index (χ0v) is 5.04. The molecule has 0 bridgehead atoms. The molecule has 0 fully saturated rings. The molecule has 0 aromatic carbocycles. The van der Waals surface area contributed by atoms with Crippen LogP contribution >= 0.6 is 0 Å². The van der Waals surface area contributed by atoms with E-state index in [-0.39, 0.29) is 12.6 Å². The Morgan fingerprint density at radius 2 is 2.12 bits per heavy atom. The summed E-state index contributed by atoms with van der Waals surface area (Å²) in [6.07, 6.45) is -0.175. The van der Waals surface area contributed by atoms with Gasteiger partial charge in [0, 0.05) is 6.04 Å². The summed E-state index contributed by atoms with van der Waals surface area (Å²) in [5.41, 5.74) is 5.30. The quantitative estimate of drug-likeness (QED) is 0.450. The van der Waals surface area contributed by atoms with Gasteiger partial charge >= 0.3 is 0 Å². The molecule has 0 spiro atoms. The van der Waals surface area contributed by atoms with E-state index in [0.717, 1.165) is 0 Å². The number of rotatable bonds is 3. The van der Waals surface area contributed by atoms with E-state index in [9.17, 15) is 0 Å². The molecule has 0 aliphatic rings. The van der Waals surface area contributed by atoms with Crippen molar-refractivity contribution in [2.75, 3.05) is 6.61 Å². The summed E-state index contributed by atoms with van der Waals surface area (Å²) in [6.45, 7) is 1.60. The molecule has 0 heterocycles. The Morgan fingerprint density at radius 1 is 1.62 bits per heavy atom. The Bertz CT molecular complexity index is 56.4. The average Bonchev–Trinajstić information content (AvgIpc) is 1.65. The third-order valence-corrected chi connectivity index (χ3v) is 0.855. The zero-order chi connectivity index (χ0) is 6.57. The van der Waals surface area contributed by atoms with E-state index in [1.807, 2.05) is 0 Å². The first-order valence-electron chi connectivity index (χ1n) is 2.71. The Balaban J connectivity index is 3.10. The van der Waals surface area contributed by atoms with Crippen LogP contribution in [0.4, 0.5) is 0 Å². The lowest BCUT2D eigenvalue weighted by atomic mass is 10.2. The second-order valence-corrected chi connectivity index (χ2v) is 2.05. The molecule has 0 rings (SSSR count). The van der Waals surface area contributed by atoms with Crippen molar-refractivity contribution >= 4 is 0 Å². The Labute approximate surface area is 49.1 Å². The fraction of sp³-hybridized carbons (Fsp3) is 1.00. The second kappa shape index (κ2) is 3.83. The van der Waals surface area contributed by atoms with Crippen molar-refractivity contribution in [3.05, 3.63) is 0 Å². The number of hydrogen-bond acceptors (Lipinski definition) is 3. The van der Waals surface area contributed by atoms with Crippen LogP contribution in [0.5, 0.6) is 0 Å². The molecule has 0 radical (unpaired) electrons.